The van der Waals surface area contributed by atoms with Crippen LogP contribution in [0.25, 0.3) is 0 Å². The van der Waals surface area contributed by atoms with Gasteiger partial charge in [0.05, 0.1) is 20.2 Å². The van der Waals surface area contributed by atoms with Crippen LogP contribution in [0.5, 0.6) is 5.75 Å². The lowest BCUT2D eigenvalue weighted by Gasteiger charge is -2.22. The summed E-state index contributed by atoms with van der Waals surface area (Å²) in [5, 5.41) is 11.6. The van der Waals surface area contributed by atoms with E-state index in [-0.39, 0.29) is 24.8 Å². The van der Waals surface area contributed by atoms with Crippen molar-refractivity contribution in [3.05, 3.63) is 53.5 Å². The van der Waals surface area contributed by atoms with Crippen molar-refractivity contribution in [2.45, 2.75) is 19.5 Å². The lowest BCUT2D eigenvalue weighted by molar-refractivity contribution is -0.122. The number of ether oxygens (including phenoxy) is 2. The number of methoxy groups -OCH3 is 2. The van der Waals surface area contributed by atoms with Crippen molar-refractivity contribution >= 4 is 11.9 Å². The number of hydrogen-bond acceptors (Lipinski definition) is 6. The minimum atomic E-state index is -1.14. The summed E-state index contributed by atoms with van der Waals surface area (Å²) in [6.07, 6.45) is 0.806. The van der Waals surface area contributed by atoms with Gasteiger partial charge in [-0.1, -0.05) is 12.1 Å². The molecule has 0 unspecified atom stereocenters. The summed E-state index contributed by atoms with van der Waals surface area (Å²) in [5.41, 5.74) is 1.07. The van der Waals surface area contributed by atoms with E-state index in [0.717, 1.165) is 17.7 Å². The minimum absolute atomic E-state index is 0.139. The standard InChI is InChI=1S/C20H26N2O6/c1-26-11-3-10-22(13-15-4-6-16(27-2)7-5-15)14-19(23)21-12-17-8-9-18(28-17)20(24)25/h4-9H,3,10-14H2,1-2H3,(H,21,23)(H,24,25). The molecule has 152 valence electrons. The molecule has 0 fully saturated rings. The highest BCUT2D eigenvalue weighted by molar-refractivity contribution is 5.84. The minimum Gasteiger partial charge on any atom is -0.497 e. The number of amides is 1. The third kappa shape index (κ3) is 7.05. The molecule has 2 aromatic rings. The number of carboxylic acid groups (broad SMARTS) is 1. The smallest absolute Gasteiger partial charge is 0.371 e. The number of rotatable bonds is 12. The monoisotopic (exact) mass is 390 g/mol. The molecule has 0 bridgehead atoms. The Kier molecular flexibility index (Phi) is 8.51. The zero-order chi connectivity index (χ0) is 20.4. The fourth-order valence-corrected chi connectivity index (χ4v) is 2.67. The Morgan fingerprint density at radius 1 is 1.14 bits per heavy atom. The van der Waals surface area contributed by atoms with E-state index in [1.807, 2.05) is 29.2 Å². The van der Waals surface area contributed by atoms with Crippen LogP contribution in [0.2, 0.25) is 0 Å². The van der Waals surface area contributed by atoms with Gasteiger partial charge in [0.1, 0.15) is 11.5 Å². The Balaban J connectivity index is 1.89. The van der Waals surface area contributed by atoms with Crippen molar-refractivity contribution in [2.24, 2.45) is 0 Å². The van der Waals surface area contributed by atoms with Gasteiger partial charge in [0.15, 0.2) is 0 Å². The maximum absolute atomic E-state index is 12.3. The number of carboxylic acids is 1. The molecule has 0 saturated carbocycles. The molecule has 28 heavy (non-hydrogen) atoms. The molecule has 1 aromatic heterocycles. The van der Waals surface area contributed by atoms with Gasteiger partial charge in [0.2, 0.25) is 11.7 Å². The molecular formula is C20H26N2O6. The fraction of sp³-hybridized carbons (Fsp3) is 0.400. The highest BCUT2D eigenvalue weighted by Gasteiger charge is 2.13. The summed E-state index contributed by atoms with van der Waals surface area (Å²) in [6.45, 7) is 2.29. The molecule has 2 N–H and O–H groups in total. The van der Waals surface area contributed by atoms with Gasteiger partial charge in [-0.2, -0.15) is 0 Å². The number of nitrogens with one attached hydrogen (secondary N) is 1. The van der Waals surface area contributed by atoms with Crippen molar-refractivity contribution in [3.8, 4) is 5.75 Å². The van der Waals surface area contributed by atoms with E-state index in [1.54, 1.807) is 14.2 Å². The second kappa shape index (κ2) is 11.1. The van der Waals surface area contributed by atoms with Crippen molar-refractivity contribution < 1.29 is 28.6 Å². The van der Waals surface area contributed by atoms with E-state index in [1.165, 1.54) is 12.1 Å². The topological polar surface area (TPSA) is 101 Å². The molecule has 1 amide bonds. The first-order valence-electron chi connectivity index (χ1n) is 8.94. The van der Waals surface area contributed by atoms with E-state index in [0.29, 0.717) is 25.5 Å². The Labute approximate surface area is 164 Å². The first-order chi connectivity index (χ1) is 13.5. The highest BCUT2D eigenvalue weighted by Crippen LogP contribution is 2.13. The van der Waals surface area contributed by atoms with E-state index >= 15 is 0 Å². The van der Waals surface area contributed by atoms with E-state index in [9.17, 15) is 9.59 Å². The van der Waals surface area contributed by atoms with Crippen LogP contribution in [-0.4, -0.2) is 55.8 Å². The molecule has 2 rings (SSSR count). The molecule has 0 saturated heterocycles. The Morgan fingerprint density at radius 3 is 2.50 bits per heavy atom. The van der Waals surface area contributed by atoms with Crippen LogP contribution < -0.4 is 10.1 Å². The molecule has 8 nitrogen and oxygen atoms in total. The summed E-state index contributed by atoms with van der Waals surface area (Å²) in [4.78, 5) is 25.2. The third-order valence-corrected chi connectivity index (χ3v) is 4.09. The quantitative estimate of drug-likeness (QED) is 0.536. The van der Waals surface area contributed by atoms with E-state index in [2.05, 4.69) is 5.32 Å². The van der Waals surface area contributed by atoms with Gasteiger partial charge in [0, 0.05) is 26.8 Å². The maximum atomic E-state index is 12.3. The average Bonchev–Trinajstić information content (AvgIpc) is 3.16. The van der Waals surface area contributed by atoms with Crippen LogP contribution in [0.15, 0.2) is 40.8 Å². The molecule has 0 aliphatic heterocycles. The number of aromatic carboxylic acids is 1. The molecule has 0 spiro atoms. The zero-order valence-corrected chi connectivity index (χ0v) is 16.1. The van der Waals surface area contributed by atoms with Crippen molar-refractivity contribution in [1.29, 1.82) is 0 Å². The van der Waals surface area contributed by atoms with Crippen LogP contribution in [0.4, 0.5) is 0 Å². The molecule has 1 heterocycles. The number of nitrogens with zero attached hydrogens (tertiary/aromatic N) is 1. The lowest BCUT2D eigenvalue weighted by atomic mass is 10.2. The van der Waals surface area contributed by atoms with E-state index < -0.39 is 5.97 Å². The second-order valence-electron chi connectivity index (χ2n) is 6.25. The van der Waals surface area contributed by atoms with Crippen LogP contribution in [0, 0.1) is 0 Å². The highest BCUT2D eigenvalue weighted by atomic mass is 16.5. The lowest BCUT2D eigenvalue weighted by Crippen LogP contribution is -2.37. The molecule has 0 atom stereocenters. The molecule has 8 heteroatoms. The maximum Gasteiger partial charge on any atom is 0.371 e. The Hall–Kier alpha value is -2.84. The van der Waals surface area contributed by atoms with E-state index in [4.69, 9.17) is 19.0 Å². The van der Waals surface area contributed by atoms with Crippen LogP contribution in [0.3, 0.4) is 0 Å². The number of benzene rings is 1. The van der Waals surface area contributed by atoms with Crippen molar-refractivity contribution in [1.82, 2.24) is 10.2 Å². The van der Waals surface area contributed by atoms with Gasteiger partial charge >= 0.3 is 5.97 Å². The van der Waals surface area contributed by atoms with Crippen LogP contribution in [-0.2, 0) is 22.6 Å². The first kappa shape index (κ1) is 21.5. The third-order valence-electron chi connectivity index (χ3n) is 4.09. The Morgan fingerprint density at radius 2 is 1.89 bits per heavy atom. The van der Waals surface area contributed by atoms with Gasteiger partial charge in [-0.3, -0.25) is 9.69 Å². The number of carbonyl (C=O) groups is 2. The summed E-state index contributed by atoms with van der Waals surface area (Å²) in [7, 11) is 3.27. The molecule has 1 aromatic carbocycles. The number of furan rings is 1. The predicted octanol–water partition coefficient (Wildman–Crippen LogP) is 2.14. The molecular weight excluding hydrogens is 364 g/mol. The van der Waals surface area contributed by atoms with Gasteiger partial charge in [-0.05, 0) is 36.2 Å². The molecule has 0 radical (unpaired) electrons. The van der Waals surface area contributed by atoms with Gasteiger partial charge in [0.25, 0.3) is 0 Å². The SMILES string of the molecule is COCCCN(CC(=O)NCc1ccc(C(=O)O)o1)Cc1ccc(OC)cc1. The van der Waals surface area contributed by atoms with Gasteiger partial charge in [-0.15, -0.1) is 0 Å². The zero-order valence-electron chi connectivity index (χ0n) is 16.1. The first-order valence-corrected chi connectivity index (χ1v) is 8.94. The fourth-order valence-electron chi connectivity index (χ4n) is 2.67. The largest absolute Gasteiger partial charge is 0.497 e. The van der Waals surface area contributed by atoms with Crippen LogP contribution in [0.1, 0.15) is 28.3 Å². The molecule has 0 aliphatic carbocycles. The Bertz CT molecular complexity index is 756. The summed E-state index contributed by atoms with van der Waals surface area (Å²) < 4.78 is 15.4. The summed E-state index contributed by atoms with van der Waals surface area (Å²) in [6, 6.07) is 10.6. The average molecular weight is 390 g/mol. The summed E-state index contributed by atoms with van der Waals surface area (Å²) >= 11 is 0. The normalized spacial score (nSPS) is 10.8. The number of carbonyl (C=O) groups excluding carboxylic acids is 1. The van der Waals surface area contributed by atoms with Crippen LogP contribution >= 0.6 is 0 Å². The summed E-state index contributed by atoms with van der Waals surface area (Å²) in [5.74, 6) is -0.274. The van der Waals surface area contributed by atoms with Crippen molar-refractivity contribution in [2.75, 3.05) is 33.9 Å². The van der Waals surface area contributed by atoms with Gasteiger partial charge in [-0.25, -0.2) is 4.79 Å². The number of hydrogen-bond donors (Lipinski definition) is 2. The van der Waals surface area contributed by atoms with Crippen molar-refractivity contribution in [3.63, 3.8) is 0 Å². The molecule has 0 aliphatic rings. The van der Waals surface area contributed by atoms with Gasteiger partial charge < -0.3 is 24.3 Å². The second-order valence-corrected chi connectivity index (χ2v) is 6.25. The predicted molar refractivity (Wildman–Crippen MR) is 102 cm³/mol.